The maximum absolute atomic E-state index is 14.5. The van der Waals surface area contributed by atoms with Gasteiger partial charge in [-0.2, -0.15) is 0 Å². The van der Waals surface area contributed by atoms with Crippen LogP contribution in [0.2, 0.25) is 30.7 Å². The molecule has 9 nitrogen and oxygen atoms in total. The summed E-state index contributed by atoms with van der Waals surface area (Å²) < 4.78 is 50.2. The minimum Gasteiger partial charge on any atom is -0.467 e. The smallest absolute Gasteiger partial charge is 0.339 e. The number of ketones is 1. The van der Waals surface area contributed by atoms with Gasteiger partial charge < -0.3 is 18.8 Å². The zero-order valence-electron chi connectivity index (χ0n) is 28.6. The highest BCUT2D eigenvalue weighted by Gasteiger charge is 2.42. The lowest BCUT2D eigenvalue weighted by Gasteiger charge is -2.40. The third-order valence-corrected chi connectivity index (χ3v) is 12.2. The third kappa shape index (κ3) is 7.70. The number of anilines is 1. The van der Waals surface area contributed by atoms with Crippen molar-refractivity contribution in [2.45, 2.75) is 91.5 Å². The Labute approximate surface area is 279 Å². The quantitative estimate of drug-likeness (QED) is 0.148. The number of esters is 1. The molecular formula is C34H47ClN2O7SSi. The van der Waals surface area contributed by atoms with Crippen molar-refractivity contribution in [1.29, 1.82) is 0 Å². The number of methoxy groups -OCH3 is 1. The van der Waals surface area contributed by atoms with Crippen LogP contribution in [0, 0.1) is 13.8 Å². The van der Waals surface area contributed by atoms with E-state index in [2.05, 4.69) is 24.2 Å². The van der Waals surface area contributed by atoms with Gasteiger partial charge in [0, 0.05) is 36.3 Å². The van der Waals surface area contributed by atoms with Gasteiger partial charge in [0.2, 0.25) is 10.0 Å². The van der Waals surface area contributed by atoms with Gasteiger partial charge in [0.25, 0.3) is 0 Å². The molecule has 1 aromatic heterocycles. The van der Waals surface area contributed by atoms with Crippen LogP contribution in [-0.4, -0.2) is 70.5 Å². The first-order valence-electron chi connectivity index (χ1n) is 15.5. The van der Waals surface area contributed by atoms with Crippen LogP contribution in [0.25, 0.3) is 22.0 Å². The highest BCUT2D eigenvalue weighted by Crippen LogP contribution is 2.50. The molecule has 252 valence electrons. The maximum atomic E-state index is 14.5. The number of aromatic nitrogens is 1. The van der Waals surface area contributed by atoms with Crippen molar-refractivity contribution in [1.82, 2.24) is 4.57 Å². The number of aryl methyl sites for hydroxylation is 1. The van der Waals surface area contributed by atoms with Gasteiger partial charge in [-0.05, 0) is 82.5 Å². The highest BCUT2D eigenvalue weighted by atomic mass is 35.5. The number of nitrogens with zero attached hydrogens (tertiary/aromatic N) is 2. The van der Waals surface area contributed by atoms with Crippen LogP contribution in [0.4, 0.5) is 5.69 Å². The summed E-state index contributed by atoms with van der Waals surface area (Å²) in [5.41, 5.74) is 4.08. The monoisotopic (exact) mass is 690 g/mol. The third-order valence-electron chi connectivity index (χ3n) is 8.08. The number of halogens is 1. The lowest BCUT2D eigenvalue weighted by molar-refractivity contribution is -0.164. The molecule has 0 saturated heterocycles. The van der Waals surface area contributed by atoms with Crippen LogP contribution < -0.4 is 4.31 Å². The van der Waals surface area contributed by atoms with E-state index in [0.29, 0.717) is 34.4 Å². The Morgan fingerprint density at radius 2 is 1.74 bits per heavy atom. The van der Waals surface area contributed by atoms with Crippen molar-refractivity contribution >= 4 is 58.0 Å². The normalized spacial score (nSPS) is 16.2. The molecular weight excluding hydrogens is 644 g/mol. The summed E-state index contributed by atoms with van der Waals surface area (Å²) in [4.78, 5) is 25.4. The molecule has 2 aromatic carbocycles. The molecule has 0 radical (unpaired) electrons. The molecule has 3 aromatic rings. The van der Waals surface area contributed by atoms with E-state index in [1.165, 1.54) is 18.3 Å². The van der Waals surface area contributed by atoms with Gasteiger partial charge in [-0.1, -0.05) is 43.4 Å². The zero-order chi connectivity index (χ0) is 34.4. The average molecular weight is 691 g/mol. The Bertz CT molecular complexity index is 1740. The van der Waals surface area contributed by atoms with Crippen LogP contribution in [0.1, 0.15) is 50.6 Å². The summed E-state index contributed by atoms with van der Waals surface area (Å²) in [5.74, 6) is -0.767. The summed E-state index contributed by atoms with van der Waals surface area (Å²) in [7, 11) is -4.32. The molecule has 0 unspecified atom stereocenters. The fourth-order valence-corrected chi connectivity index (χ4v) is 10.9. The number of rotatable bonds is 12. The van der Waals surface area contributed by atoms with E-state index in [-0.39, 0.29) is 24.7 Å². The molecule has 0 bridgehead atoms. The summed E-state index contributed by atoms with van der Waals surface area (Å²) in [6, 6.07) is 9.35. The second-order valence-electron chi connectivity index (χ2n) is 14.4. The number of carbonyl (C=O) groups is 2. The van der Waals surface area contributed by atoms with Gasteiger partial charge in [-0.25, -0.2) is 13.2 Å². The first kappa shape index (κ1) is 36.1. The minimum absolute atomic E-state index is 0.0247. The molecule has 0 amide bonds. The summed E-state index contributed by atoms with van der Waals surface area (Å²) in [5, 5.41) is 1.35. The molecule has 0 N–H and O–H groups in total. The lowest BCUT2D eigenvalue weighted by atomic mass is 9.87. The molecule has 2 heterocycles. The number of sulfonamides is 1. The second-order valence-corrected chi connectivity index (χ2v) is 22.4. The predicted molar refractivity (Wildman–Crippen MR) is 187 cm³/mol. The Balaban J connectivity index is 2.14. The van der Waals surface area contributed by atoms with E-state index >= 15 is 0 Å². The van der Waals surface area contributed by atoms with E-state index in [0.717, 1.165) is 27.7 Å². The number of Topliss-reactive ketones (excluding diaryl/α,β-unsaturated/α-hetero) is 1. The van der Waals surface area contributed by atoms with Gasteiger partial charge in [0.15, 0.2) is 11.9 Å². The average Bonchev–Trinajstić information content (AvgIpc) is 3.27. The molecule has 0 spiro atoms. The molecule has 2 atom stereocenters. The Morgan fingerprint density at radius 1 is 1.11 bits per heavy atom. The van der Waals surface area contributed by atoms with Crippen molar-refractivity contribution in [2.24, 2.45) is 0 Å². The maximum Gasteiger partial charge on any atom is 0.339 e. The topological polar surface area (TPSA) is 104 Å². The van der Waals surface area contributed by atoms with Gasteiger partial charge in [0.05, 0.1) is 42.3 Å². The van der Waals surface area contributed by atoms with Gasteiger partial charge in [0.1, 0.15) is 6.61 Å². The van der Waals surface area contributed by atoms with Crippen molar-refractivity contribution in [3.8, 4) is 11.1 Å². The van der Waals surface area contributed by atoms with Crippen LogP contribution in [-0.2, 0) is 40.4 Å². The Kier molecular flexibility index (Phi) is 10.5. The molecule has 1 aliphatic heterocycles. The van der Waals surface area contributed by atoms with Gasteiger partial charge in [-0.3, -0.25) is 9.10 Å². The fraction of sp³-hybridized carbons (Fsp3) is 0.529. The second kappa shape index (κ2) is 13.4. The largest absolute Gasteiger partial charge is 0.467 e. The summed E-state index contributed by atoms with van der Waals surface area (Å²) in [6.07, 6.45) is -1.17. The zero-order valence-corrected chi connectivity index (χ0v) is 31.2. The molecule has 4 rings (SSSR count). The predicted octanol–water partition coefficient (Wildman–Crippen LogP) is 7.07. The molecule has 0 fully saturated rings. The first-order chi connectivity index (χ1) is 21.3. The van der Waals surface area contributed by atoms with Crippen molar-refractivity contribution in [2.75, 3.05) is 30.4 Å². The molecule has 12 heteroatoms. The molecule has 46 heavy (non-hydrogen) atoms. The highest BCUT2D eigenvalue weighted by molar-refractivity contribution is 7.92. The number of hydrogen-bond acceptors (Lipinski definition) is 7. The molecule has 1 aliphatic rings. The van der Waals surface area contributed by atoms with Crippen LogP contribution >= 0.6 is 11.6 Å². The van der Waals surface area contributed by atoms with E-state index in [9.17, 15) is 18.0 Å². The van der Waals surface area contributed by atoms with Crippen molar-refractivity contribution in [3.05, 3.63) is 52.2 Å². The fourth-order valence-electron chi connectivity index (χ4n) is 6.03. The number of ether oxygens (including phenoxy) is 3. The lowest BCUT2D eigenvalue weighted by Crippen LogP contribution is -2.50. The summed E-state index contributed by atoms with van der Waals surface area (Å²) >= 11 is 6.30. The minimum atomic E-state index is -3.89. The Hall–Kier alpha value is -2.70. The number of carbonyl (C=O) groups excluding carboxylic acids is 2. The van der Waals surface area contributed by atoms with Crippen LogP contribution in [0.5, 0.6) is 0 Å². The summed E-state index contributed by atoms with van der Waals surface area (Å²) in [6.45, 7) is 17.5. The standard InChI is InChI=1S/C34H47ClN2O7SSi/c1-21-17-27-29(24-11-13-25(35)14-12-24)28(32(33(39)42-7)44-34(4,5)6)23(3)30-31(27)36(21)18-26(20-43-19-22(2)38)37(30)45(40,41)15-16-46(8,9)10/h11-14,17,26,32H,15-16,18-20H2,1-10H3/t26-,32-/m0/s1. The first-order valence-corrected chi connectivity index (χ1v) is 21.2. The molecule has 0 aliphatic carbocycles. The molecule has 0 saturated carbocycles. The van der Waals surface area contributed by atoms with E-state index in [1.54, 1.807) is 12.1 Å². The van der Waals surface area contributed by atoms with Gasteiger partial charge in [-0.15, -0.1) is 0 Å². The SMILES string of the molecule is COC(=O)[C@@H](OC(C)(C)C)c1c(C)c2c3c(cc(C)n3C[C@@H](COCC(C)=O)N2S(=O)(=O)CC[Si](C)(C)C)c1-c1ccc(Cl)cc1. The van der Waals surface area contributed by atoms with E-state index in [1.807, 2.05) is 52.8 Å². The Morgan fingerprint density at radius 3 is 2.28 bits per heavy atom. The van der Waals surface area contributed by atoms with Crippen molar-refractivity contribution < 1.29 is 32.2 Å². The number of benzene rings is 2. The van der Waals surface area contributed by atoms with E-state index < -0.39 is 41.8 Å². The van der Waals surface area contributed by atoms with E-state index in [4.69, 9.17) is 25.8 Å². The number of hydrogen-bond donors (Lipinski definition) is 0. The van der Waals surface area contributed by atoms with Crippen LogP contribution in [0.3, 0.4) is 0 Å². The van der Waals surface area contributed by atoms with Gasteiger partial charge >= 0.3 is 5.97 Å². The van der Waals surface area contributed by atoms with Crippen molar-refractivity contribution in [3.63, 3.8) is 0 Å². The van der Waals surface area contributed by atoms with Crippen LogP contribution in [0.15, 0.2) is 30.3 Å².